The summed E-state index contributed by atoms with van der Waals surface area (Å²) >= 11 is 0. The number of hydrogen-bond acceptors (Lipinski definition) is 6. The first-order valence-corrected chi connectivity index (χ1v) is 13.6. The fourth-order valence-corrected chi connectivity index (χ4v) is 6.51. The van der Waals surface area contributed by atoms with Gasteiger partial charge in [-0.25, -0.2) is 8.42 Å². The minimum atomic E-state index is -3.54. The van der Waals surface area contributed by atoms with E-state index in [4.69, 9.17) is 4.74 Å². The standard InChI is InChI=1S/C24H33N3O6S/c1-17(33-24(30)18-15-22(28)27(16-18)20-7-3-4-8-20)23(29)25-19-9-11-21(12-10-19)34(31,32)26-13-5-2-6-14-26/h9-12,17-18,20H,2-8,13-16H2,1H3,(H,25,29)/t17-,18+/m0/s1. The summed E-state index contributed by atoms with van der Waals surface area (Å²) in [5, 5.41) is 2.66. The molecule has 1 aliphatic carbocycles. The van der Waals surface area contributed by atoms with E-state index in [1.165, 1.54) is 35.5 Å². The SMILES string of the molecule is C[C@H](OC(=O)[C@@H]1CC(=O)N(C2CCCC2)C1)C(=O)Nc1ccc(S(=O)(=O)N2CCCCC2)cc1. The van der Waals surface area contributed by atoms with Crippen molar-refractivity contribution in [2.24, 2.45) is 5.92 Å². The van der Waals surface area contributed by atoms with Crippen LogP contribution in [-0.2, 0) is 29.1 Å². The van der Waals surface area contributed by atoms with Crippen LogP contribution < -0.4 is 5.32 Å². The molecule has 2 atom stereocenters. The van der Waals surface area contributed by atoms with Crippen molar-refractivity contribution in [2.45, 2.75) is 75.3 Å². The second kappa shape index (κ2) is 10.4. The van der Waals surface area contributed by atoms with Gasteiger partial charge in [-0.2, -0.15) is 4.31 Å². The highest BCUT2D eigenvalue weighted by Crippen LogP contribution is 2.30. The van der Waals surface area contributed by atoms with Crippen LogP contribution in [0.1, 0.15) is 58.3 Å². The van der Waals surface area contributed by atoms with E-state index in [2.05, 4.69) is 5.32 Å². The fourth-order valence-electron chi connectivity index (χ4n) is 4.99. The zero-order valence-corrected chi connectivity index (χ0v) is 20.4. The first-order chi connectivity index (χ1) is 16.3. The summed E-state index contributed by atoms with van der Waals surface area (Å²) in [6, 6.07) is 6.21. The topological polar surface area (TPSA) is 113 Å². The van der Waals surface area contributed by atoms with Crippen LogP contribution >= 0.6 is 0 Å². The molecule has 3 aliphatic rings. The summed E-state index contributed by atoms with van der Waals surface area (Å²) in [7, 11) is -3.54. The van der Waals surface area contributed by atoms with E-state index >= 15 is 0 Å². The molecule has 34 heavy (non-hydrogen) atoms. The van der Waals surface area contributed by atoms with Crippen molar-refractivity contribution in [3.63, 3.8) is 0 Å². The molecule has 4 rings (SSSR count). The van der Waals surface area contributed by atoms with Gasteiger partial charge in [-0.15, -0.1) is 0 Å². The van der Waals surface area contributed by atoms with Crippen molar-refractivity contribution >= 4 is 33.5 Å². The van der Waals surface area contributed by atoms with Crippen molar-refractivity contribution in [1.29, 1.82) is 0 Å². The van der Waals surface area contributed by atoms with Crippen molar-refractivity contribution in [2.75, 3.05) is 25.0 Å². The molecule has 9 nitrogen and oxygen atoms in total. The largest absolute Gasteiger partial charge is 0.452 e. The molecule has 1 aromatic carbocycles. The third kappa shape index (κ3) is 5.43. The summed E-state index contributed by atoms with van der Waals surface area (Å²) in [6.45, 7) is 2.88. The highest BCUT2D eigenvalue weighted by atomic mass is 32.2. The summed E-state index contributed by atoms with van der Waals surface area (Å²) < 4.78 is 32.4. The summed E-state index contributed by atoms with van der Waals surface area (Å²) in [6.07, 6.45) is 5.99. The summed E-state index contributed by atoms with van der Waals surface area (Å²) in [5.74, 6) is -1.63. The van der Waals surface area contributed by atoms with Crippen molar-refractivity contribution < 1.29 is 27.5 Å². The number of rotatable bonds is 7. The number of carbonyl (C=O) groups excluding carboxylic acids is 3. The molecular formula is C24H33N3O6S. The molecule has 0 spiro atoms. The molecule has 2 aliphatic heterocycles. The first kappa shape index (κ1) is 24.7. The Bertz CT molecular complexity index is 1010. The van der Waals surface area contributed by atoms with Crippen LogP contribution in [-0.4, -0.2) is 67.2 Å². The van der Waals surface area contributed by atoms with Crippen LogP contribution in [0.5, 0.6) is 0 Å². The number of amides is 2. The van der Waals surface area contributed by atoms with Crippen LogP contribution in [0, 0.1) is 5.92 Å². The van der Waals surface area contributed by atoms with Crippen LogP contribution in [0.15, 0.2) is 29.2 Å². The molecular weight excluding hydrogens is 458 g/mol. The summed E-state index contributed by atoms with van der Waals surface area (Å²) in [5.41, 5.74) is 0.411. The molecule has 3 fully saturated rings. The van der Waals surface area contributed by atoms with E-state index in [-0.39, 0.29) is 23.3 Å². The van der Waals surface area contributed by atoms with Crippen LogP contribution in [0.3, 0.4) is 0 Å². The Balaban J connectivity index is 1.29. The zero-order chi connectivity index (χ0) is 24.3. The lowest BCUT2D eigenvalue weighted by molar-refractivity contribution is -0.157. The number of hydrogen-bond donors (Lipinski definition) is 1. The predicted octanol–water partition coefficient (Wildman–Crippen LogP) is 2.52. The Morgan fingerprint density at radius 2 is 1.68 bits per heavy atom. The smallest absolute Gasteiger partial charge is 0.312 e. The molecule has 1 saturated carbocycles. The molecule has 2 heterocycles. The minimum Gasteiger partial charge on any atom is -0.452 e. The number of carbonyl (C=O) groups is 3. The predicted molar refractivity (Wildman–Crippen MR) is 125 cm³/mol. The highest BCUT2D eigenvalue weighted by molar-refractivity contribution is 7.89. The first-order valence-electron chi connectivity index (χ1n) is 12.2. The lowest BCUT2D eigenvalue weighted by atomic mass is 10.1. The fraction of sp³-hybridized carbons (Fsp3) is 0.625. The lowest BCUT2D eigenvalue weighted by Gasteiger charge is -2.25. The Labute approximate surface area is 200 Å². The maximum absolute atomic E-state index is 12.8. The van der Waals surface area contributed by atoms with Gasteiger partial charge in [0.1, 0.15) is 0 Å². The van der Waals surface area contributed by atoms with Gasteiger partial charge in [0.05, 0.1) is 10.8 Å². The van der Waals surface area contributed by atoms with Crippen LogP contribution in [0.25, 0.3) is 0 Å². The van der Waals surface area contributed by atoms with E-state index in [1.54, 1.807) is 4.90 Å². The number of nitrogens with zero attached hydrogens (tertiary/aromatic N) is 2. The van der Waals surface area contributed by atoms with Gasteiger partial charge in [-0.3, -0.25) is 14.4 Å². The van der Waals surface area contributed by atoms with Gasteiger partial charge in [0.15, 0.2) is 6.10 Å². The van der Waals surface area contributed by atoms with Crippen molar-refractivity contribution in [3.05, 3.63) is 24.3 Å². The number of sulfonamides is 1. The van der Waals surface area contributed by atoms with Gasteiger partial charge >= 0.3 is 5.97 Å². The normalized spacial score (nSPS) is 23.1. The zero-order valence-electron chi connectivity index (χ0n) is 19.6. The maximum Gasteiger partial charge on any atom is 0.312 e. The Kier molecular flexibility index (Phi) is 7.57. The molecule has 1 aromatic rings. The molecule has 0 radical (unpaired) electrons. The van der Waals surface area contributed by atoms with Gasteiger partial charge in [0, 0.05) is 37.8 Å². The number of ether oxygens (including phenoxy) is 1. The highest BCUT2D eigenvalue weighted by Gasteiger charge is 2.40. The Morgan fingerprint density at radius 3 is 2.32 bits per heavy atom. The minimum absolute atomic E-state index is 0.0226. The molecule has 1 N–H and O–H groups in total. The average Bonchev–Trinajstić information content (AvgIpc) is 3.49. The number of likely N-dealkylation sites (tertiary alicyclic amines) is 1. The van der Waals surface area contributed by atoms with Gasteiger partial charge in [-0.1, -0.05) is 19.3 Å². The molecule has 0 unspecified atom stereocenters. The van der Waals surface area contributed by atoms with Crippen LogP contribution in [0.2, 0.25) is 0 Å². The van der Waals surface area contributed by atoms with E-state index < -0.39 is 33.9 Å². The van der Waals surface area contributed by atoms with Gasteiger partial charge in [0.2, 0.25) is 15.9 Å². The molecule has 2 saturated heterocycles. The molecule has 186 valence electrons. The van der Waals surface area contributed by atoms with Gasteiger partial charge in [0.25, 0.3) is 5.91 Å². The van der Waals surface area contributed by atoms with Crippen LogP contribution in [0.4, 0.5) is 5.69 Å². The second-order valence-electron chi connectivity index (χ2n) is 9.44. The van der Waals surface area contributed by atoms with Crippen molar-refractivity contribution in [1.82, 2.24) is 9.21 Å². The number of benzene rings is 1. The van der Waals surface area contributed by atoms with Gasteiger partial charge in [-0.05, 0) is 56.9 Å². The van der Waals surface area contributed by atoms with E-state index in [0.29, 0.717) is 25.3 Å². The molecule has 0 aromatic heterocycles. The lowest BCUT2D eigenvalue weighted by Crippen LogP contribution is -2.36. The Morgan fingerprint density at radius 1 is 1.03 bits per heavy atom. The van der Waals surface area contributed by atoms with Gasteiger partial charge < -0.3 is 15.0 Å². The number of esters is 1. The average molecular weight is 492 g/mol. The Hall–Kier alpha value is -2.46. The van der Waals surface area contributed by atoms with E-state index in [0.717, 1.165) is 44.9 Å². The maximum atomic E-state index is 12.8. The quantitative estimate of drug-likeness (QED) is 0.587. The number of piperidine rings is 1. The third-order valence-corrected chi connectivity index (χ3v) is 8.91. The van der Waals surface area contributed by atoms with E-state index in [1.807, 2.05) is 0 Å². The third-order valence-electron chi connectivity index (χ3n) is 6.99. The second-order valence-corrected chi connectivity index (χ2v) is 11.4. The number of anilines is 1. The number of nitrogens with one attached hydrogen (secondary N) is 1. The summed E-state index contributed by atoms with van der Waals surface area (Å²) in [4.78, 5) is 39.4. The molecule has 10 heteroatoms. The van der Waals surface area contributed by atoms with Crippen molar-refractivity contribution in [3.8, 4) is 0 Å². The monoisotopic (exact) mass is 491 g/mol. The molecule has 2 amide bonds. The van der Waals surface area contributed by atoms with E-state index in [9.17, 15) is 22.8 Å². The molecule has 0 bridgehead atoms.